The second-order valence-electron chi connectivity index (χ2n) is 6.80. The molecule has 0 radical (unpaired) electrons. The van der Waals surface area contributed by atoms with Crippen molar-refractivity contribution >= 4 is 28.0 Å². The van der Waals surface area contributed by atoms with Crippen LogP contribution in [0.3, 0.4) is 0 Å². The van der Waals surface area contributed by atoms with Crippen LogP contribution < -0.4 is 15.4 Å². The highest BCUT2D eigenvalue weighted by Crippen LogP contribution is 2.24. The minimum absolute atomic E-state index is 0.0671. The van der Waals surface area contributed by atoms with Gasteiger partial charge in [-0.15, -0.1) is 0 Å². The van der Waals surface area contributed by atoms with Crippen LogP contribution in [0, 0.1) is 0 Å². The highest BCUT2D eigenvalue weighted by Gasteiger charge is 2.05. The second-order valence-corrected chi connectivity index (χ2v) is 6.80. The molecule has 0 aliphatic heterocycles. The van der Waals surface area contributed by atoms with Gasteiger partial charge in [-0.3, -0.25) is 4.98 Å². The molecule has 29 heavy (non-hydrogen) atoms. The molecule has 0 unspecified atom stereocenters. The molecule has 2 aromatic carbocycles. The van der Waals surface area contributed by atoms with Crippen LogP contribution in [0.25, 0.3) is 10.9 Å². The normalized spacial score (nSPS) is 10.8. The molecule has 0 aliphatic rings. The van der Waals surface area contributed by atoms with Crippen molar-refractivity contribution in [2.75, 3.05) is 24.3 Å². The van der Waals surface area contributed by atoms with E-state index >= 15 is 0 Å². The summed E-state index contributed by atoms with van der Waals surface area (Å²) in [6, 6.07) is 18.0. The lowest BCUT2D eigenvalue weighted by Gasteiger charge is -2.10. The average molecular weight is 388 g/mol. The summed E-state index contributed by atoms with van der Waals surface area (Å²) < 4.78 is 5.28. The number of anilines is 3. The Hall–Kier alpha value is -3.51. The third-order valence-corrected chi connectivity index (χ3v) is 4.85. The molecule has 0 amide bonds. The van der Waals surface area contributed by atoms with Crippen LogP contribution in [0.4, 0.5) is 17.1 Å². The van der Waals surface area contributed by atoms with Gasteiger partial charge in [0.2, 0.25) is 0 Å². The number of hydrogen-bond donors (Lipinski definition) is 4. The predicted molar refractivity (Wildman–Crippen MR) is 117 cm³/mol. The fraction of sp³-hybridized carbons (Fsp3) is 0.174. The molecular formula is C23H24N4O2. The molecule has 2 aromatic heterocycles. The number of aromatic nitrogens is 2. The maximum absolute atomic E-state index is 9.19. The largest absolute Gasteiger partial charge is 0.497 e. The van der Waals surface area contributed by atoms with E-state index in [4.69, 9.17) is 4.74 Å². The van der Waals surface area contributed by atoms with Gasteiger partial charge in [0.1, 0.15) is 5.75 Å². The summed E-state index contributed by atoms with van der Waals surface area (Å²) in [5.74, 6) is 0.858. The fourth-order valence-electron chi connectivity index (χ4n) is 3.32. The summed E-state index contributed by atoms with van der Waals surface area (Å²) in [7, 11) is 1.68. The molecule has 4 aromatic rings. The minimum Gasteiger partial charge on any atom is -0.497 e. The van der Waals surface area contributed by atoms with E-state index < -0.39 is 0 Å². The van der Waals surface area contributed by atoms with Crippen molar-refractivity contribution in [1.29, 1.82) is 0 Å². The fourth-order valence-corrected chi connectivity index (χ4v) is 3.32. The van der Waals surface area contributed by atoms with Crippen LogP contribution in [-0.2, 0) is 13.0 Å². The number of ether oxygens (including phenoxy) is 1. The van der Waals surface area contributed by atoms with Gasteiger partial charge in [0.25, 0.3) is 0 Å². The molecule has 0 spiro atoms. The van der Waals surface area contributed by atoms with Gasteiger partial charge < -0.3 is 25.5 Å². The van der Waals surface area contributed by atoms with E-state index in [0.717, 1.165) is 41.3 Å². The summed E-state index contributed by atoms with van der Waals surface area (Å²) >= 11 is 0. The van der Waals surface area contributed by atoms with Gasteiger partial charge in [0, 0.05) is 53.0 Å². The molecular weight excluding hydrogens is 364 g/mol. The van der Waals surface area contributed by atoms with E-state index in [9.17, 15) is 5.11 Å². The third-order valence-electron chi connectivity index (χ3n) is 4.85. The van der Waals surface area contributed by atoms with E-state index in [1.165, 1.54) is 10.9 Å². The molecule has 0 aliphatic carbocycles. The molecule has 0 fully saturated rings. The predicted octanol–water partition coefficient (Wildman–Crippen LogP) is 4.46. The number of hydrogen-bond acceptors (Lipinski definition) is 5. The Morgan fingerprint density at radius 3 is 2.62 bits per heavy atom. The number of rotatable bonds is 8. The minimum atomic E-state index is -0.0671. The summed E-state index contributed by atoms with van der Waals surface area (Å²) in [4.78, 5) is 7.40. The number of pyridine rings is 1. The number of methoxy groups -OCH3 is 1. The third kappa shape index (κ3) is 4.50. The number of benzene rings is 2. The molecule has 0 atom stereocenters. The summed E-state index contributed by atoms with van der Waals surface area (Å²) in [6.45, 7) is 0.776. The number of aliphatic hydroxyl groups excluding tert-OH is 1. The van der Waals surface area contributed by atoms with Gasteiger partial charge >= 0.3 is 0 Å². The first kappa shape index (κ1) is 18.8. The number of aromatic amines is 1. The van der Waals surface area contributed by atoms with Gasteiger partial charge in [0.05, 0.1) is 19.4 Å². The van der Waals surface area contributed by atoms with Crippen LogP contribution >= 0.6 is 0 Å². The SMILES string of the molecule is COc1ccc2c(CCNc3ccc(Nc4ccnc(CO)c4)cc3)c[nH]c2c1. The van der Waals surface area contributed by atoms with Crippen molar-refractivity contribution < 1.29 is 9.84 Å². The van der Waals surface area contributed by atoms with Crippen LogP contribution in [0.5, 0.6) is 5.75 Å². The van der Waals surface area contributed by atoms with E-state index in [1.807, 2.05) is 36.4 Å². The quantitative estimate of drug-likeness (QED) is 0.358. The van der Waals surface area contributed by atoms with E-state index in [-0.39, 0.29) is 6.61 Å². The first-order chi connectivity index (χ1) is 14.2. The van der Waals surface area contributed by atoms with E-state index in [0.29, 0.717) is 5.69 Å². The molecule has 4 rings (SSSR count). The Morgan fingerprint density at radius 2 is 1.83 bits per heavy atom. The molecule has 2 heterocycles. The molecule has 148 valence electrons. The van der Waals surface area contributed by atoms with Crippen LogP contribution in [-0.4, -0.2) is 28.7 Å². The zero-order valence-corrected chi connectivity index (χ0v) is 16.3. The maximum atomic E-state index is 9.19. The number of fused-ring (bicyclic) bond motifs is 1. The molecule has 0 saturated carbocycles. The number of nitrogens with zero attached hydrogens (tertiary/aromatic N) is 1. The highest BCUT2D eigenvalue weighted by molar-refractivity contribution is 5.84. The standard InChI is InChI=1S/C23H24N4O2/c1-29-21-6-7-22-16(14-26-23(22)13-21)8-10-24-17-2-4-18(5-3-17)27-19-9-11-25-20(12-19)15-28/h2-7,9,11-14,24,26,28H,8,10,15H2,1H3,(H,25,27). The Bertz CT molecular complexity index is 1090. The Morgan fingerprint density at radius 1 is 1.00 bits per heavy atom. The Balaban J connectivity index is 1.33. The first-order valence-corrected chi connectivity index (χ1v) is 9.56. The van der Waals surface area contributed by atoms with Gasteiger partial charge in [-0.1, -0.05) is 0 Å². The topological polar surface area (TPSA) is 82.2 Å². The Kier molecular flexibility index (Phi) is 5.63. The van der Waals surface area contributed by atoms with Crippen molar-refractivity contribution in [2.24, 2.45) is 0 Å². The van der Waals surface area contributed by atoms with Crippen LogP contribution in [0.1, 0.15) is 11.3 Å². The summed E-state index contributed by atoms with van der Waals surface area (Å²) in [6.07, 6.45) is 4.67. The van der Waals surface area contributed by atoms with Crippen LogP contribution in [0.15, 0.2) is 67.0 Å². The molecule has 0 bridgehead atoms. The summed E-state index contributed by atoms with van der Waals surface area (Å²) in [5, 5.41) is 17.2. The van der Waals surface area contributed by atoms with Crippen molar-refractivity contribution in [3.05, 3.63) is 78.2 Å². The van der Waals surface area contributed by atoms with Gasteiger partial charge in [-0.2, -0.15) is 0 Å². The monoisotopic (exact) mass is 388 g/mol. The Labute approximate surface area is 169 Å². The van der Waals surface area contributed by atoms with Crippen molar-refractivity contribution in [1.82, 2.24) is 9.97 Å². The zero-order chi connectivity index (χ0) is 20.1. The van der Waals surface area contributed by atoms with Gasteiger partial charge in [0.15, 0.2) is 0 Å². The second kappa shape index (κ2) is 8.67. The van der Waals surface area contributed by atoms with Crippen molar-refractivity contribution in [3.63, 3.8) is 0 Å². The number of nitrogens with one attached hydrogen (secondary N) is 3. The highest BCUT2D eigenvalue weighted by atomic mass is 16.5. The van der Waals surface area contributed by atoms with E-state index in [2.05, 4.69) is 45.0 Å². The number of H-pyrrole nitrogens is 1. The lowest BCUT2D eigenvalue weighted by molar-refractivity contribution is 0.277. The van der Waals surface area contributed by atoms with Gasteiger partial charge in [-0.25, -0.2) is 0 Å². The van der Waals surface area contributed by atoms with Gasteiger partial charge in [-0.05, 0) is 60.5 Å². The van der Waals surface area contributed by atoms with Crippen LogP contribution in [0.2, 0.25) is 0 Å². The lowest BCUT2D eigenvalue weighted by Crippen LogP contribution is -2.04. The molecule has 6 heteroatoms. The van der Waals surface area contributed by atoms with E-state index in [1.54, 1.807) is 13.3 Å². The van der Waals surface area contributed by atoms with Crippen molar-refractivity contribution in [3.8, 4) is 5.75 Å². The molecule has 0 saturated heterocycles. The summed E-state index contributed by atoms with van der Waals surface area (Å²) in [5.41, 5.74) is 5.98. The smallest absolute Gasteiger partial charge is 0.120 e. The lowest BCUT2D eigenvalue weighted by atomic mass is 10.1. The first-order valence-electron chi connectivity index (χ1n) is 9.56. The zero-order valence-electron chi connectivity index (χ0n) is 16.3. The molecule has 4 N–H and O–H groups in total. The number of aliphatic hydroxyl groups is 1. The maximum Gasteiger partial charge on any atom is 0.120 e. The van der Waals surface area contributed by atoms with Crippen molar-refractivity contribution in [2.45, 2.75) is 13.0 Å². The molecule has 6 nitrogen and oxygen atoms in total. The average Bonchev–Trinajstić information content (AvgIpc) is 3.17.